The van der Waals surface area contributed by atoms with E-state index in [2.05, 4.69) is 5.32 Å². The van der Waals surface area contributed by atoms with Crippen LogP contribution < -0.4 is 10.1 Å². The van der Waals surface area contributed by atoms with E-state index in [1.54, 1.807) is 18.2 Å². The van der Waals surface area contributed by atoms with Crippen molar-refractivity contribution in [2.75, 3.05) is 5.32 Å². The Balaban J connectivity index is 1.66. The Hall–Kier alpha value is -5.42. The van der Waals surface area contributed by atoms with E-state index in [1.807, 2.05) is 36.4 Å². The van der Waals surface area contributed by atoms with E-state index < -0.39 is 17.8 Å². The van der Waals surface area contributed by atoms with Crippen LogP contribution in [0.25, 0.3) is 16.8 Å². The van der Waals surface area contributed by atoms with Crippen LogP contribution >= 0.6 is 0 Å². The van der Waals surface area contributed by atoms with E-state index in [-0.39, 0.29) is 29.0 Å². The van der Waals surface area contributed by atoms with Gasteiger partial charge in [-0.25, -0.2) is 9.59 Å². The molecule has 0 aliphatic heterocycles. The molecule has 0 unspecified atom stereocenters. The lowest BCUT2D eigenvalue weighted by Crippen LogP contribution is -2.14. The van der Waals surface area contributed by atoms with Crippen molar-refractivity contribution in [3.8, 4) is 11.8 Å². The Kier molecular flexibility index (Phi) is 7.27. The molecule has 0 saturated heterocycles. The van der Waals surface area contributed by atoms with Gasteiger partial charge in [-0.05, 0) is 58.8 Å². The molecule has 0 aliphatic carbocycles. The van der Waals surface area contributed by atoms with Gasteiger partial charge in [0.1, 0.15) is 24.0 Å². The Morgan fingerprint density at radius 3 is 2.30 bits per heavy atom. The highest BCUT2D eigenvalue weighted by molar-refractivity contribution is 6.11. The van der Waals surface area contributed by atoms with E-state index in [0.717, 1.165) is 16.3 Å². The summed E-state index contributed by atoms with van der Waals surface area (Å²) < 4.78 is 6.02. The normalized spacial score (nSPS) is 10.9. The number of benzene rings is 4. The molecule has 8 nitrogen and oxygen atoms in total. The van der Waals surface area contributed by atoms with Crippen LogP contribution in [0, 0.1) is 11.3 Å². The maximum absolute atomic E-state index is 12.9. The van der Waals surface area contributed by atoms with Crippen molar-refractivity contribution in [1.29, 1.82) is 5.26 Å². The Labute approximate surface area is 211 Å². The number of rotatable bonds is 8. The first-order chi connectivity index (χ1) is 17.9. The number of aromatic carboxylic acids is 2. The zero-order chi connectivity index (χ0) is 26.4. The molecule has 0 bridgehead atoms. The molecule has 0 spiro atoms. The third kappa shape index (κ3) is 5.81. The summed E-state index contributed by atoms with van der Waals surface area (Å²) in [5.41, 5.74) is 1.46. The summed E-state index contributed by atoms with van der Waals surface area (Å²) in [6.07, 6.45) is 1.43. The lowest BCUT2D eigenvalue weighted by Gasteiger charge is -2.13. The molecule has 37 heavy (non-hydrogen) atoms. The molecule has 0 aliphatic rings. The van der Waals surface area contributed by atoms with E-state index in [1.165, 1.54) is 42.5 Å². The Morgan fingerprint density at radius 1 is 0.865 bits per heavy atom. The minimum atomic E-state index is -1.14. The SMILES string of the molecule is N#CC(=Cc1c(OCc2ccc(C(=O)O)cc2)ccc2ccccc12)C(=O)Nc1cccc(C(=O)O)c1. The average Bonchev–Trinajstić information content (AvgIpc) is 2.91. The molecule has 1 amide bonds. The zero-order valence-electron chi connectivity index (χ0n) is 19.3. The summed E-state index contributed by atoms with van der Waals surface area (Å²) in [6, 6.07) is 25.0. The molecule has 0 fully saturated rings. The Morgan fingerprint density at radius 2 is 1.59 bits per heavy atom. The van der Waals surface area contributed by atoms with Crippen molar-refractivity contribution in [2.24, 2.45) is 0 Å². The predicted octanol–water partition coefficient (Wildman–Crippen LogP) is 5.36. The monoisotopic (exact) mass is 492 g/mol. The lowest BCUT2D eigenvalue weighted by molar-refractivity contribution is -0.112. The molecule has 4 rings (SSSR count). The number of carboxylic acid groups (broad SMARTS) is 2. The van der Waals surface area contributed by atoms with Crippen LogP contribution in [0.3, 0.4) is 0 Å². The van der Waals surface area contributed by atoms with E-state index in [4.69, 9.17) is 9.84 Å². The number of amides is 1. The van der Waals surface area contributed by atoms with Gasteiger partial charge in [-0.15, -0.1) is 0 Å². The zero-order valence-corrected chi connectivity index (χ0v) is 19.3. The van der Waals surface area contributed by atoms with Gasteiger partial charge in [0.25, 0.3) is 5.91 Å². The molecule has 182 valence electrons. The van der Waals surface area contributed by atoms with Crippen molar-refractivity contribution in [3.05, 3.63) is 113 Å². The van der Waals surface area contributed by atoms with Crippen molar-refractivity contribution >= 4 is 40.4 Å². The van der Waals surface area contributed by atoms with Crippen molar-refractivity contribution in [2.45, 2.75) is 6.61 Å². The van der Waals surface area contributed by atoms with Gasteiger partial charge in [0.15, 0.2) is 0 Å². The standard InChI is InChI=1S/C29H20N2O6/c30-16-22(27(32)31-23-6-3-5-21(14-23)29(35)36)15-25-24-7-2-1-4-19(24)12-13-26(25)37-17-18-8-10-20(11-9-18)28(33)34/h1-15H,17H2,(H,31,32)(H,33,34)(H,35,36). The summed E-state index contributed by atoms with van der Waals surface area (Å²) in [7, 11) is 0. The second-order valence-corrected chi connectivity index (χ2v) is 8.00. The number of ether oxygens (including phenoxy) is 1. The first kappa shape index (κ1) is 24.7. The molecule has 0 atom stereocenters. The fourth-order valence-electron chi connectivity index (χ4n) is 3.68. The van der Waals surface area contributed by atoms with E-state index in [9.17, 15) is 24.8 Å². The minimum Gasteiger partial charge on any atom is -0.488 e. The number of carboxylic acids is 2. The largest absolute Gasteiger partial charge is 0.488 e. The van der Waals surface area contributed by atoms with Crippen LogP contribution in [-0.4, -0.2) is 28.1 Å². The topological polar surface area (TPSA) is 137 Å². The smallest absolute Gasteiger partial charge is 0.335 e. The molecule has 0 radical (unpaired) electrons. The number of anilines is 1. The van der Waals surface area contributed by atoms with Gasteiger partial charge in [0.2, 0.25) is 0 Å². The summed E-state index contributed by atoms with van der Waals surface area (Å²) in [4.78, 5) is 35.2. The number of nitriles is 1. The molecule has 4 aromatic rings. The molecule has 0 aromatic heterocycles. The van der Waals surface area contributed by atoms with Gasteiger partial charge in [-0.1, -0.05) is 48.5 Å². The van der Waals surface area contributed by atoms with Crippen LogP contribution in [0.15, 0.2) is 90.5 Å². The number of carbonyl (C=O) groups is 3. The second kappa shape index (κ2) is 10.9. The third-order valence-corrected chi connectivity index (χ3v) is 5.55. The van der Waals surface area contributed by atoms with Crippen LogP contribution in [0.2, 0.25) is 0 Å². The molecule has 4 aromatic carbocycles. The molecular weight excluding hydrogens is 472 g/mol. The molecular formula is C29H20N2O6. The number of fused-ring (bicyclic) bond motifs is 1. The van der Waals surface area contributed by atoms with Gasteiger partial charge in [-0.3, -0.25) is 4.79 Å². The minimum absolute atomic E-state index is 0.00131. The second-order valence-electron chi connectivity index (χ2n) is 8.00. The third-order valence-electron chi connectivity index (χ3n) is 5.55. The highest BCUT2D eigenvalue weighted by Crippen LogP contribution is 2.31. The fraction of sp³-hybridized carbons (Fsp3) is 0.0345. The maximum Gasteiger partial charge on any atom is 0.335 e. The molecule has 0 heterocycles. The molecule has 0 saturated carbocycles. The first-order valence-electron chi connectivity index (χ1n) is 11.1. The number of hydrogen-bond acceptors (Lipinski definition) is 5. The fourth-order valence-corrected chi connectivity index (χ4v) is 3.68. The highest BCUT2D eigenvalue weighted by atomic mass is 16.5. The van der Waals surface area contributed by atoms with Crippen molar-refractivity contribution < 1.29 is 29.3 Å². The number of hydrogen-bond donors (Lipinski definition) is 3. The van der Waals surface area contributed by atoms with Gasteiger partial charge in [0, 0.05) is 11.3 Å². The quantitative estimate of drug-likeness (QED) is 0.222. The van der Waals surface area contributed by atoms with Crippen LogP contribution in [-0.2, 0) is 11.4 Å². The van der Waals surface area contributed by atoms with Gasteiger partial charge in [-0.2, -0.15) is 5.26 Å². The Bertz CT molecular complexity index is 1580. The number of nitrogens with zero attached hydrogens (tertiary/aromatic N) is 1. The van der Waals surface area contributed by atoms with E-state index in [0.29, 0.717) is 11.3 Å². The van der Waals surface area contributed by atoms with Gasteiger partial charge in [0.05, 0.1) is 11.1 Å². The summed E-state index contributed by atoms with van der Waals surface area (Å²) in [6.45, 7) is 0.134. The van der Waals surface area contributed by atoms with Crippen molar-refractivity contribution in [1.82, 2.24) is 0 Å². The maximum atomic E-state index is 12.9. The average molecular weight is 492 g/mol. The first-order valence-corrected chi connectivity index (χ1v) is 11.1. The van der Waals surface area contributed by atoms with Crippen LogP contribution in [0.1, 0.15) is 31.8 Å². The number of nitrogens with one attached hydrogen (secondary N) is 1. The van der Waals surface area contributed by atoms with Crippen LogP contribution in [0.4, 0.5) is 5.69 Å². The van der Waals surface area contributed by atoms with Gasteiger partial charge >= 0.3 is 11.9 Å². The molecule has 3 N–H and O–H groups in total. The highest BCUT2D eigenvalue weighted by Gasteiger charge is 2.15. The van der Waals surface area contributed by atoms with Crippen LogP contribution in [0.5, 0.6) is 5.75 Å². The van der Waals surface area contributed by atoms with Gasteiger partial charge < -0.3 is 20.3 Å². The lowest BCUT2D eigenvalue weighted by atomic mass is 10.0. The summed E-state index contributed by atoms with van der Waals surface area (Å²) in [5.74, 6) is -2.43. The summed E-state index contributed by atoms with van der Waals surface area (Å²) >= 11 is 0. The van der Waals surface area contributed by atoms with Crippen molar-refractivity contribution in [3.63, 3.8) is 0 Å². The molecule has 8 heteroatoms. The number of carbonyl (C=O) groups excluding carboxylic acids is 1. The predicted molar refractivity (Wildman–Crippen MR) is 137 cm³/mol. The summed E-state index contributed by atoms with van der Waals surface area (Å²) in [5, 5.41) is 32.2. The van der Waals surface area contributed by atoms with E-state index >= 15 is 0 Å².